The van der Waals surface area contributed by atoms with E-state index in [1.165, 1.54) is 12.1 Å². The lowest BCUT2D eigenvalue weighted by Gasteiger charge is -2.11. The SMILES string of the molecule is Nc1c(CCc2cccc(C(=O)O)c2N)cccc1C(=O)O. The lowest BCUT2D eigenvalue weighted by atomic mass is 9.98. The van der Waals surface area contributed by atoms with Crippen LogP contribution in [0.25, 0.3) is 0 Å². The van der Waals surface area contributed by atoms with Crippen molar-refractivity contribution in [2.45, 2.75) is 12.8 Å². The minimum absolute atomic E-state index is 0.0600. The van der Waals surface area contributed by atoms with E-state index in [4.69, 9.17) is 21.7 Å². The van der Waals surface area contributed by atoms with Crippen LogP contribution >= 0.6 is 0 Å². The van der Waals surface area contributed by atoms with Gasteiger partial charge in [0.2, 0.25) is 0 Å². The van der Waals surface area contributed by atoms with Crippen LogP contribution < -0.4 is 11.5 Å². The highest BCUT2D eigenvalue weighted by atomic mass is 16.4. The highest BCUT2D eigenvalue weighted by Gasteiger charge is 2.13. The highest BCUT2D eigenvalue weighted by Crippen LogP contribution is 2.23. The third-order valence-corrected chi connectivity index (χ3v) is 3.52. The molecule has 0 aromatic heterocycles. The van der Waals surface area contributed by atoms with Crippen molar-refractivity contribution in [1.29, 1.82) is 0 Å². The number of aromatic carboxylic acids is 2. The van der Waals surface area contributed by atoms with Crippen molar-refractivity contribution in [1.82, 2.24) is 0 Å². The standard InChI is InChI=1S/C16H16N2O4/c17-13-9(3-1-5-11(13)15(19)20)7-8-10-4-2-6-12(14(10)18)16(21)22/h1-6H,7-8,17-18H2,(H,19,20)(H,21,22). The molecule has 114 valence electrons. The molecule has 2 rings (SSSR count). The maximum absolute atomic E-state index is 11.1. The van der Waals surface area contributed by atoms with Gasteiger partial charge in [0.05, 0.1) is 11.1 Å². The summed E-state index contributed by atoms with van der Waals surface area (Å²) in [4.78, 5) is 22.1. The number of benzene rings is 2. The third-order valence-electron chi connectivity index (χ3n) is 3.52. The first-order valence-electron chi connectivity index (χ1n) is 6.63. The topological polar surface area (TPSA) is 127 Å². The van der Waals surface area contributed by atoms with Gasteiger partial charge in [-0.1, -0.05) is 24.3 Å². The summed E-state index contributed by atoms with van der Waals surface area (Å²) in [7, 11) is 0. The van der Waals surface area contributed by atoms with E-state index >= 15 is 0 Å². The first-order valence-corrected chi connectivity index (χ1v) is 6.63. The molecule has 6 heteroatoms. The maximum Gasteiger partial charge on any atom is 0.337 e. The lowest BCUT2D eigenvalue weighted by molar-refractivity contribution is 0.0687. The van der Waals surface area contributed by atoms with Gasteiger partial charge < -0.3 is 21.7 Å². The Morgan fingerprint density at radius 2 is 1.14 bits per heavy atom. The molecule has 0 heterocycles. The highest BCUT2D eigenvalue weighted by molar-refractivity contribution is 5.95. The van der Waals surface area contributed by atoms with Crippen LogP contribution in [0.15, 0.2) is 36.4 Å². The monoisotopic (exact) mass is 300 g/mol. The predicted molar refractivity (Wildman–Crippen MR) is 83.0 cm³/mol. The molecule has 0 unspecified atom stereocenters. The van der Waals surface area contributed by atoms with Gasteiger partial charge >= 0.3 is 11.9 Å². The number of rotatable bonds is 5. The Labute approximate surface area is 127 Å². The quantitative estimate of drug-likeness (QED) is 0.626. The number of hydrogen-bond donors (Lipinski definition) is 4. The van der Waals surface area contributed by atoms with Gasteiger partial charge in [-0.3, -0.25) is 0 Å². The van der Waals surface area contributed by atoms with Crippen LogP contribution in [0.4, 0.5) is 11.4 Å². The molecule has 0 amide bonds. The second-order valence-electron chi connectivity index (χ2n) is 4.87. The molecule has 0 bridgehead atoms. The molecular formula is C16H16N2O4. The molecule has 0 aliphatic heterocycles. The Hall–Kier alpha value is -3.02. The van der Waals surface area contributed by atoms with E-state index < -0.39 is 11.9 Å². The van der Waals surface area contributed by atoms with Crippen molar-refractivity contribution in [3.8, 4) is 0 Å². The Bertz CT molecular complexity index is 677. The van der Waals surface area contributed by atoms with Crippen LogP contribution in [0.1, 0.15) is 31.8 Å². The van der Waals surface area contributed by atoms with E-state index in [2.05, 4.69) is 0 Å². The van der Waals surface area contributed by atoms with E-state index in [1.807, 2.05) is 0 Å². The Morgan fingerprint density at radius 3 is 1.45 bits per heavy atom. The molecular weight excluding hydrogens is 284 g/mol. The molecule has 0 aliphatic carbocycles. The number of nitrogen functional groups attached to an aromatic ring is 2. The number of carboxylic acid groups (broad SMARTS) is 2. The van der Waals surface area contributed by atoms with Gasteiger partial charge in [0.1, 0.15) is 0 Å². The zero-order valence-electron chi connectivity index (χ0n) is 11.7. The fourth-order valence-corrected chi connectivity index (χ4v) is 2.30. The van der Waals surface area contributed by atoms with Gasteiger partial charge in [0.15, 0.2) is 0 Å². The summed E-state index contributed by atoms with van der Waals surface area (Å²) in [6.07, 6.45) is 0.945. The first-order chi connectivity index (χ1) is 10.4. The van der Waals surface area contributed by atoms with Gasteiger partial charge in [0.25, 0.3) is 0 Å². The Balaban J connectivity index is 2.25. The van der Waals surface area contributed by atoms with Gasteiger partial charge in [0, 0.05) is 11.4 Å². The van der Waals surface area contributed by atoms with Crippen molar-refractivity contribution in [3.05, 3.63) is 58.7 Å². The minimum atomic E-state index is -1.08. The zero-order valence-corrected chi connectivity index (χ0v) is 11.7. The minimum Gasteiger partial charge on any atom is -0.478 e. The van der Waals surface area contributed by atoms with Crippen molar-refractivity contribution >= 4 is 23.3 Å². The number of aryl methyl sites for hydroxylation is 2. The summed E-state index contributed by atoms with van der Waals surface area (Å²) in [5.74, 6) is -2.15. The summed E-state index contributed by atoms with van der Waals surface area (Å²) >= 11 is 0. The molecule has 22 heavy (non-hydrogen) atoms. The average molecular weight is 300 g/mol. The Morgan fingerprint density at radius 1 is 0.773 bits per heavy atom. The van der Waals surface area contributed by atoms with Gasteiger partial charge in [-0.15, -0.1) is 0 Å². The molecule has 0 radical (unpaired) electrons. The second kappa shape index (κ2) is 6.17. The first kappa shape index (κ1) is 15.4. The molecule has 0 aliphatic rings. The molecule has 0 saturated heterocycles. The Kier molecular flexibility index (Phi) is 4.31. The summed E-state index contributed by atoms with van der Waals surface area (Å²) in [6, 6.07) is 9.65. The molecule has 2 aromatic rings. The second-order valence-corrected chi connectivity index (χ2v) is 4.87. The normalized spacial score (nSPS) is 10.4. The van der Waals surface area contributed by atoms with Crippen molar-refractivity contribution in [2.24, 2.45) is 0 Å². The largest absolute Gasteiger partial charge is 0.478 e. The zero-order chi connectivity index (χ0) is 16.3. The average Bonchev–Trinajstić information content (AvgIpc) is 2.46. The summed E-state index contributed by atoms with van der Waals surface area (Å²) in [5.41, 5.74) is 13.7. The fraction of sp³-hybridized carbons (Fsp3) is 0.125. The van der Waals surface area contributed by atoms with Crippen LogP contribution in [0.3, 0.4) is 0 Å². The van der Waals surface area contributed by atoms with E-state index in [1.54, 1.807) is 24.3 Å². The van der Waals surface area contributed by atoms with Crippen molar-refractivity contribution in [2.75, 3.05) is 11.5 Å². The smallest absolute Gasteiger partial charge is 0.337 e. The molecule has 2 aromatic carbocycles. The number of anilines is 2. The van der Waals surface area contributed by atoms with Crippen LogP contribution in [0.5, 0.6) is 0 Å². The number of carboxylic acids is 2. The molecule has 6 N–H and O–H groups in total. The molecule has 0 saturated carbocycles. The van der Waals surface area contributed by atoms with Crippen LogP contribution in [-0.2, 0) is 12.8 Å². The third kappa shape index (κ3) is 3.01. The molecule has 0 atom stereocenters. The number of nitrogens with two attached hydrogens (primary N) is 2. The predicted octanol–water partition coefficient (Wildman–Crippen LogP) is 2.03. The van der Waals surface area contributed by atoms with Crippen molar-refractivity contribution in [3.63, 3.8) is 0 Å². The number of para-hydroxylation sites is 2. The van der Waals surface area contributed by atoms with Gasteiger partial charge in [-0.25, -0.2) is 9.59 Å². The van der Waals surface area contributed by atoms with E-state index in [-0.39, 0.29) is 22.5 Å². The molecule has 0 fully saturated rings. The lowest BCUT2D eigenvalue weighted by Crippen LogP contribution is -2.08. The number of hydrogen-bond acceptors (Lipinski definition) is 4. The van der Waals surface area contributed by atoms with E-state index in [0.717, 1.165) is 0 Å². The maximum atomic E-state index is 11.1. The van der Waals surface area contributed by atoms with Crippen LogP contribution in [0.2, 0.25) is 0 Å². The summed E-state index contributed by atoms with van der Waals surface area (Å²) in [6.45, 7) is 0. The fourth-order valence-electron chi connectivity index (χ4n) is 2.30. The summed E-state index contributed by atoms with van der Waals surface area (Å²) in [5, 5.41) is 18.1. The summed E-state index contributed by atoms with van der Waals surface area (Å²) < 4.78 is 0. The van der Waals surface area contributed by atoms with Crippen LogP contribution in [0, 0.1) is 0 Å². The van der Waals surface area contributed by atoms with Gasteiger partial charge in [-0.2, -0.15) is 0 Å². The number of carbonyl (C=O) groups is 2. The van der Waals surface area contributed by atoms with Gasteiger partial charge in [-0.05, 0) is 36.1 Å². The molecule has 0 spiro atoms. The van der Waals surface area contributed by atoms with E-state index in [0.29, 0.717) is 24.0 Å². The van der Waals surface area contributed by atoms with Crippen molar-refractivity contribution < 1.29 is 19.8 Å². The van der Waals surface area contributed by atoms with E-state index in [9.17, 15) is 9.59 Å². The van der Waals surface area contributed by atoms with Crippen LogP contribution in [-0.4, -0.2) is 22.2 Å². The molecule has 6 nitrogen and oxygen atoms in total.